The van der Waals surface area contributed by atoms with Gasteiger partial charge in [-0.1, -0.05) is 39.5 Å². The van der Waals surface area contributed by atoms with Crippen LogP contribution in [0.5, 0.6) is 17.4 Å². The fraction of sp³-hybridized carbons (Fsp3) is 0.233. The van der Waals surface area contributed by atoms with Crippen LogP contribution >= 0.6 is 0 Å². The zero-order chi connectivity index (χ0) is 30.5. The van der Waals surface area contributed by atoms with Gasteiger partial charge < -0.3 is 30.2 Å². The molecule has 0 spiro atoms. The van der Waals surface area contributed by atoms with Gasteiger partial charge in [0.05, 0.1) is 23.8 Å². The minimum Gasteiger partial charge on any atom is -0.495 e. The van der Waals surface area contributed by atoms with Gasteiger partial charge in [0.2, 0.25) is 5.88 Å². The van der Waals surface area contributed by atoms with Gasteiger partial charge in [0.25, 0.3) is 11.8 Å². The summed E-state index contributed by atoms with van der Waals surface area (Å²) < 4.78 is 12.5. The SMILES string of the molecule is C=Cc1nccc(Oc2cccc3cc(C(=O)O)n(C)c23)n1.CNC(=O)c1cc(C(C)(C)C)cc(C(N)=O)c1OC. The summed E-state index contributed by atoms with van der Waals surface area (Å²) in [4.78, 5) is 42.9. The summed E-state index contributed by atoms with van der Waals surface area (Å²) in [5.41, 5.74) is 7.42. The van der Waals surface area contributed by atoms with Gasteiger partial charge in [-0.05, 0) is 41.3 Å². The maximum atomic E-state index is 11.9. The average molecular weight is 560 g/mol. The zero-order valence-electron chi connectivity index (χ0n) is 23.8. The molecule has 0 saturated carbocycles. The third kappa shape index (κ3) is 6.70. The second-order valence-corrected chi connectivity index (χ2v) is 9.94. The number of rotatable bonds is 7. The summed E-state index contributed by atoms with van der Waals surface area (Å²) in [5, 5.41) is 12.5. The van der Waals surface area contributed by atoms with Crippen LogP contribution in [0, 0.1) is 0 Å². The van der Waals surface area contributed by atoms with E-state index in [9.17, 15) is 19.5 Å². The largest absolute Gasteiger partial charge is 0.495 e. The van der Waals surface area contributed by atoms with Gasteiger partial charge in [-0.3, -0.25) is 9.59 Å². The Kier molecular flexibility index (Phi) is 9.13. The Bertz CT molecular complexity index is 1630. The van der Waals surface area contributed by atoms with Gasteiger partial charge in [0.1, 0.15) is 11.4 Å². The summed E-state index contributed by atoms with van der Waals surface area (Å²) in [7, 11) is 4.62. The molecule has 11 heteroatoms. The normalized spacial score (nSPS) is 10.8. The molecule has 214 valence electrons. The number of primary amides is 1. The lowest BCUT2D eigenvalue weighted by Gasteiger charge is -2.22. The number of carboxylic acid groups (broad SMARTS) is 1. The Hall–Kier alpha value is -5.19. The molecule has 0 atom stereocenters. The van der Waals surface area contributed by atoms with E-state index in [1.54, 1.807) is 54.2 Å². The van der Waals surface area contributed by atoms with Crippen molar-refractivity contribution in [3.05, 3.63) is 83.4 Å². The molecule has 4 rings (SSSR count). The first-order chi connectivity index (χ1) is 19.3. The summed E-state index contributed by atoms with van der Waals surface area (Å²) in [6, 6.07) is 12.1. The minimum atomic E-state index is -0.986. The number of carbonyl (C=O) groups excluding carboxylic acids is 2. The number of hydrogen-bond acceptors (Lipinski definition) is 7. The van der Waals surface area contributed by atoms with Crippen molar-refractivity contribution in [3.63, 3.8) is 0 Å². The molecule has 4 aromatic rings. The lowest BCUT2D eigenvalue weighted by molar-refractivity contribution is 0.0686. The molecule has 2 aromatic heterocycles. The van der Waals surface area contributed by atoms with Crippen LogP contribution in [0.4, 0.5) is 0 Å². The number of nitrogens with two attached hydrogens (primary N) is 1. The molecular weight excluding hydrogens is 526 g/mol. The fourth-order valence-electron chi connectivity index (χ4n) is 4.06. The molecule has 2 amide bonds. The third-order valence-corrected chi connectivity index (χ3v) is 6.18. The molecule has 0 aliphatic carbocycles. The van der Waals surface area contributed by atoms with Crippen molar-refractivity contribution in [1.82, 2.24) is 19.9 Å². The summed E-state index contributed by atoms with van der Waals surface area (Å²) in [6.45, 7) is 9.60. The second-order valence-electron chi connectivity index (χ2n) is 9.94. The lowest BCUT2D eigenvalue weighted by Crippen LogP contribution is -2.23. The molecular formula is C30H33N5O6. The van der Waals surface area contributed by atoms with Crippen molar-refractivity contribution in [3.8, 4) is 17.4 Å². The van der Waals surface area contributed by atoms with E-state index in [2.05, 4.69) is 21.9 Å². The number of carboxylic acids is 1. The zero-order valence-corrected chi connectivity index (χ0v) is 23.8. The Morgan fingerprint density at radius 3 is 2.37 bits per heavy atom. The molecule has 2 aromatic carbocycles. The number of hydrogen-bond donors (Lipinski definition) is 3. The molecule has 0 bridgehead atoms. The van der Waals surface area contributed by atoms with Crippen LogP contribution in [0.2, 0.25) is 0 Å². The highest BCUT2D eigenvalue weighted by Gasteiger charge is 2.24. The molecule has 0 aliphatic rings. The van der Waals surface area contributed by atoms with Crippen LogP contribution in [0.1, 0.15) is 63.4 Å². The standard InChI is InChI=1S/C16H13N3O3.C14H20N2O3/c1-3-13-17-8-7-14(18-13)22-12-6-4-5-10-9-11(16(20)21)19(2)15(10)12;1-14(2,3)8-6-9(12(15)17)11(19-5)10(7-8)13(18)16-4/h3-9H,1H2,2H3,(H,20,21);6-7H,1-5H3,(H2,15,17)(H,16,18). The first-order valence-corrected chi connectivity index (χ1v) is 12.5. The average Bonchev–Trinajstić information content (AvgIpc) is 3.29. The number of nitrogens with one attached hydrogen (secondary N) is 1. The van der Waals surface area contributed by atoms with Gasteiger partial charge in [0.15, 0.2) is 11.6 Å². The van der Waals surface area contributed by atoms with Crippen LogP contribution < -0.4 is 20.5 Å². The van der Waals surface area contributed by atoms with Crippen molar-refractivity contribution in [2.75, 3.05) is 14.2 Å². The smallest absolute Gasteiger partial charge is 0.352 e. The molecule has 0 unspecified atom stereocenters. The number of nitrogens with zero attached hydrogens (tertiary/aromatic N) is 3. The number of aromatic carboxylic acids is 1. The van der Waals surface area contributed by atoms with Crippen LogP contribution in [0.25, 0.3) is 17.0 Å². The van der Waals surface area contributed by atoms with E-state index in [1.807, 2.05) is 26.8 Å². The van der Waals surface area contributed by atoms with Crippen LogP contribution in [-0.4, -0.2) is 51.6 Å². The molecule has 41 heavy (non-hydrogen) atoms. The highest BCUT2D eigenvalue weighted by atomic mass is 16.5. The maximum absolute atomic E-state index is 11.9. The van der Waals surface area contributed by atoms with Crippen LogP contribution in [0.15, 0.2) is 55.2 Å². The molecule has 0 radical (unpaired) electrons. The van der Waals surface area contributed by atoms with Crippen LogP contribution in [-0.2, 0) is 12.5 Å². The number of aromatic nitrogens is 3. The predicted octanol–water partition coefficient (Wildman–Crippen LogP) is 4.55. The van der Waals surface area contributed by atoms with Crippen molar-refractivity contribution in [2.24, 2.45) is 12.8 Å². The first kappa shape index (κ1) is 30.4. The van der Waals surface area contributed by atoms with E-state index in [0.29, 0.717) is 28.5 Å². The fourth-order valence-corrected chi connectivity index (χ4v) is 4.06. The molecule has 4 N–H and O–H groups in total. The highest BCUT2D eigenvalue weighted by Crippen LogP contribution is 2.32. The van der Waals surface area contributed by atoms with E-state index < -0.39 is 11.9 Å². The lowest BCUT2D eigenvalue weighted by atomic mass is 9.84. The van der Waals surface area contributed by atoms with Gasteiger partial charge in [-0.25, -0.2) is 9.78 Å². The summed E-state index contributed by atoms with van der Waals surface area (Å²) >= 11 is 0. The Morgan fingerprint density at radius 2 is 1.80 bits per heavy atom. The molecule has 0 saturated heterocycles. The van der Waals surface area contributed by atoms with Crippen molar-refractivity contribution >= 4 is 34.8 Å². The van der Waals surface area contributed by atoms with Gasteiger partial charge in [-0.15, -0.1) is 0 Å². The monoisotopic (exact) mass is 559 g/mol. The predicted molar refractivity (Wildman–Crippen MR) is 156 cm³/mol. The first-order valence-electron chi connectivity index (χ1n) is 12.5. The quantitative estimate of drug-likeness (QED) is 0.297. The number of ether oxygens (including phenoxy) is 2. The maximum Gasteiger partial charge on any atom is 0.352 e. The number of amides is 2. The van der Waals surface area contributed by atoms with E-state index in [4.69, 9.17) is 15.2 Å². The molecule has 0 fully saturated rings. The Labute approximate surface area is 237 Å². The molecule has 11 nitrogen and oxygen atoms in total. The van der Waals surface area contributed by atoms with E-state index in [0.717, 1.165) is 10.9 Å². The number of aryl methyl sites for hydroxylation is 1. The number of fused-ring (bicyclic) bond motifs is 1. The molecule has 2 heterocycles. The van der Waals surface area contributed by atoms with Crippen LogP contribution in [0.3, 0.4) is 0 Å². The van der Waals surface area contributed by atoms with E-state index in [-0.39, 0.29) is 28.3 Å². The number of carbonyl (C=O) groups is 3. The van der Waals surface area contributed by atoms with Gasteiger partial charge in [0, 0.05) is 31.7 Å². The topological polar surface area (TPSA) is 159 Å². The van der Waals surface area contributed by atoms with Crippen molar-refractivity contribution < 1.29 is 29.0 Å². The van der Waals surface area contributed by atoms with Gasteiger partial charge >= 0.3 is 5.97 Å². The molecule has 0 aliphatic heterocycles. The second kappa shape index (κ2) is 12.3. The minimum absolute atomic E-state index is 0.195. The Balaban J connectivity index is 0.000000229. The number of para-hydroxylation sites is 1. The number of methoxy groups -OCH3 is 1. The van der Waals surface area contributed by atoms with Crippen molar-refractivity contribution in [2.45, 2.75) is 26.2 Å². The Morgan fingerprint density at radius 1 is 1.12 bits per heavy atom. The summed E-state index contributed by atoms with van der Waals surface area (Å²) in [6.07, 6.45) is 3.10. The van der Waals surface area contributed by atoms with E-state index >= 15 is 0 Å². The number of benzene rings is 2. The third-order valence-electron chi connectivity index (χ3n) is 6.18. The van der Waals surface area contributed by atoms with Gasteiger partial charge in [-0.2, -0.15) is 4.98 Å². The van der Waals surface area contributed by atoms with E-state index in [1.165, 1.54) is 20.2 Å². The highest BCUT2D eigenvalue weighted by molar-refractivity contribution is 6.04. The van der Waals surface area contributed by atoms with Crippen molar-refractivity contribution in [1.29, 1.82) is 0 Å². The summed E-state index contributed by atoms with van der Waals surface area (Å²) in [5.74, 6) is -0.349.